The standard InChI is InChI=1S/C22H26N2O4/c1-27-14-16-3-2-12-24(13-16)22(26)19-6-4-17(5-7-19)18-8-10-20(11-9-18)28-15-21(23)25/h4-11,16H,2-3,12-15H2,1H3,(H2,23,25). The van der Waals surface area contributed by atoms with E-state index in [0.29, 0.717) is 23.8 Å². The van der Waals surface area contributed by atoms with E-state index >= 15 is 0 Å². The van der Waals surface area contributed by atoms with E-state index in [1.54, 1.807) is 19.2 Å². The zero-order valence-electron chi connectivity index (χ0n) is 16.1. The molecule has 0 aromatic heterocycles. The van der Waals surface area contributed by atoms with Gasteiger partial charge in [-0.15, -0.1) is 0 Å². The lowest BCUT2D eigenvalue weighted by Crippen LogP contribution is -2.41. The molecule has 28 heavy (non-hydrogen) atoms. The van der Waals surface area contributed by atoms with Crippen LogP contribution in [0.3, 0.4) is 0 Å². The maximum absolute atomic E-state index is 12.8. The zero-order chi connectivity index (χ0) is 19.9. The van der Waals surface area contributed by atoms with Crippen LogP contribution in [-0.2, 0) is 9.53 Å². The van der Waals surface area contributed by atoms with E-state index in [9.17, 15) is 9.59 Å². The Kier molecular flexibility index (Phi) is 6.66. The number of hydrogen-bond acceptors (Lipinski definition) is 4. The molecule has 3 rings (SSSR count). The molecule has 1 unspecified atom stereocenters. The summed E-state index contributed by atoms with van der Waals surface area (Å²) in [4.78, 5) is 25.5. The fourth-order valence-electron chi connectivity index (χ4n) is 3.51. The SMILES string of the molecule is COCC1CCCN(C(=O)c2ccc(-c3ccc(OCC(N)=O)cc3)cc2)C1. The number of nitrogens with zero attached hydrogens (tertiary/aromatic N) is 1. The van der Waals surface area contributed by atoms with Gasteiger partial charge in [0.05, 0.1) is 6.61 Å². The van der Waals surface area contributed by atoms with Crippen molar-refractivity contribution < 1.29 is 19.1 Å². The first kappa shape index (κ1) is 19.9. The number of carbonyl (C=O) groups is 2. The molecule has 1 saturated heterocycles. The Morgan fingerprint density at radius 2 is 1.71 bits per heavy atom. The molecule has 2 aromatic carbocycles. The van der Waals surface area contributed by atoms with Gasteiger partial charge in [0, 0.05) is 25.8 Å². The van der Waals surface area contributed by atoms with Crippen molar-refractivity contribution in [3.63, 3.8) is 0 Å². The first-order chi connectivity index (χ1) is 13.6. The minimum atomic E-state index is -0.508. The van der Waals surface area contributed by atoms with Gasteiger partial charge in [-0.3, -0.25) is 9.59 Å². The number of nitrogens with two attached hydrogens (primary N) is 1. The lowest BCUT2D eigenvalue weighted by Gasteiger charge is -2.32. The summed E-state index contributed by atoms with van der Waals surface area (Å²) in [6.07, 6.45) is 2.12. The van der Waals surface area contributed by atoms with Crippen LogP contribution in [0.5, 0.6) is 5.75 Å². The van der Waals surface area contributed by atoms with E-state index < -0.39 is 5.91 Å². The third kappa shape index (κ3) is 5.10. The second-order valence-corrected chi connectivity index (χ2v) is 7.07. The number of piperidine rings is 1. The Morgan fingerprint density at radius 1 is 1.07 bits per heavy atom. The maximum atomic E-state index is 12.8. The molecule has 2 aromatic rings. The zero-order valence-corrected chi connectivity index (χ0v) is 16.1. The molecule has 2 amide bonds. The van der Waals surface area contributed by atoms with Gasteiger partial charge >= 0.3 is 0 Å². The number of carbonyl (C=O) groups excluding carboxylic acids is 2. The van der Waals surface area contributed by atoms with Crippen molar-refractivity contribution in [3.8, 4) is 16.9 Å². The molecular formula is C22H26N2O4. The van der Waals surface area contributed by atoms with Crippen LogP contribution in [0.15, 0.2) is 48.5 Å². The highest BCUT2D eigenvalue weighted by Crippen LogP contribution is 2.24. The number of hydrogen-bond donors (Lipinski definition) is 1. The molecule has 1 aliphatic rings. The van der Waals surface area contributed by atoms with E-state index in [0.717, 1.165) is 37.1 Å². The Hall–Kier alpha value is -2.86. The number of ether oxygens (including phenoxy) is 2. The minimum absolute atomic E-state index is 0.0718. The summed E-state index contributed by atoms with van der Waals surface area (Å²) in [6.45, 7) is 2.11. The second-order valence-electron chi connectivity index (χ2n) is 7.07. The molecule has 6 heteroatoms. The lowest BCUT2D eigenvalue weighted by molar-refractivity contribution is -0.119. The molecule has 0 radical (unpaired) electrons. The molecule has 1 aliphatic heterocycles. The van der Waals surface area contributed by atoms with Crippen molar-refractivity contribution in [1.82, 2.24) is 4.90 Å². The second kappa shape index (κ2) is 9.37. The lowest BCUT2D eigenvalue weighted by atomic mass is 9.97. The summed E-state index contributed by atoms with van der Waals surface area (Å²) in [5.41, 5.74) is 7.78. The predicted molar refractivity (Wildman–Crippen MR) is 107 cm³/mol. The topological polar surface area (TPSA) is 81.9 Å². The molecule has 1 heterocycles. The van der Waals surface area contributed by atoms with Crippen molar-refractivity contribution in [2.45, 2.75) is 12.8 Å². The van der Waals surface area contributed by atoms with Crippen molar-refractivity contribution in [2.75, 3.05) is 33.4 Å². The fourth-order valence-corrected chi connectivity index (χ4v) is 3.51. The number of methoxy groups -OCH3 is 1. The molecule has 6 nitrogen and oxygen atoms in total. The van der Waals surface area contributed by atoms with Gasteiger partial charge in [0.15, 0.2) is 6.61 Å². The van der Waals surface area contributed by atoms with Crippen LogP contribution >= 0.6 is 0 Å². The van der Waals surface area contributed by atoms with Crippen LogP contribution in [0, 0.1) is 5.92 Å². The van der Waals surface area contributed by atoms with Gasteiger partial charge < -0.3 is 20.1 Å². The van der Waals surface area contributed by atoms with Crippen molar-refractivity contribution in [3.05, 3.63) is 54.1 Å². The molecule has 2 N–H and O–H groups in total. The van der Waals surface area contributed by atoms with Crippen molar-refractivity contribution in [1.29, 1.82) is 0 Å². The quantitative estimate of drug-likeness (QED) is 0.798. The van der Waals surface area contributed by atoms with Gasteiger partial charge in [0.2, 0.25) is 0 Å². The molecule has 0 saturated carbocycles. The molecule has 0 spiro atoms. The Morgan fingerprint density at radius 3 is 2.32 bits per heavy atom. The third-order valence-electron chi connectivity index (χ3n) is 4.91. The number of benzene rings is 2. The highest BCUT2D eigenvalue weighted by Gasteiger charge is 2.24. The minimum Gasteiger partial charge on any atom is -0.484 e. The number of rotatable bonds is 7. The van der Waals surface area contributed by atoms with Crippen LogP contribution in [0.1, 0.15) is 23.2 Å². The maximum Gasteiger partial charge on any atom is 0.255 e. The van der Waals surface area contributed by atoms with Gasteiger partial charge in [0.25, 0.3) is 11.8 Å². The summed E-state index contributed by atoms with van der Waals surface area (Å²) in [6, 6.07) is 15.0. The summed E-state index contributed by atoms with van der Waals surface area (Å²) in [5.74, 6) is 0.566. The van der Waals surface area contributed by atoms with Crippen LogP contribution in [-0.4, -0.2) is 50.1 Å². The van der Waals surface area contributed by atoms with Crippen LogP contribution < -0.4 is 10.5 Å². The third-order valence-corrected chi connectivity index (χ3v) is 4.91. The highest BCUT2D eigenvalue weighted by atomic mass is 16.5. The molecule has 148 valence electrons. The first-order valence-electron chi connectivity index (χ1n) is 9.46. The van der Waals surface area contributed by atoms with Crippen LogP contribution in [0.4, 0.5) is 0 Å². The Labute approximate surface area is 165 Å². The van der Waals surface area contributed by atoms with E-state index in [1.807, 2.05) is 41.3 Å². The van der Waals surface area contributed by atoms with E-state index in [1.165, 1.54) is 0 Å². The van der Waals surface area contributed by atoms with Crippen LogP contribution in [0.25, 0.3) is 11.1 Å². The molecular weight excluding hydrogens is 356 g/mol. The summed E-state index contributed by atoms with van der Waals surface area (Å²) in [5, 5.41) is 0. The summed E-state index contributed by atoms with van der Waals surface area (Å²) < 4.78 is 10.5. The number of primary amides is 1. The molecule has 1 fully saturated rings. The molecule has 0 aliphatic carbocycles. The molecule has 0 bridgehead atoms. The van der Waals surface area contributed by atoms with Gasteiger partial charge in [-0.2, -0.15) is 0 Å². The first-order valence-corrected chi connectivity index (χ1v) is 9.46. The van der Waals surface area contributed by atoms with Gasteiger partial charge in [-0.1, -0.05) is 24.3 Å². The smallest absolute Gasteiger partial charge is 0.255 e. The van der Waals surface area contributed by atoms with Gasteiger partial charge in [-0.25, -0.2) is 0 Å². The Balaban J connectivity index is 1.64. The number of likely N-dealkylation sites (tertiary alicyclic amines) is 1. The van der Waals surface area contributed by atoms with Gasteiger partial charge in [0.1, 0.15) is 5.75 Å². The van der Waals surface area contributed by atoms with E-state index in [2.05, 4.69) is 0 Å². The summed E-state index contributed by atoms with van der Waals surface area (Å²) >= 11 is 0. The fraction of sp³-hybridized carbons (Fsp3) is 0.364. The van der Waals surface area contributed by atoms with Crippen molar-refractivity contribution in [2.24, 2.45) is 11.7 Å². The number of amides is 2. The highest BCUT2D eigenvalue weighted by molar-refractivity contribution is 5.94. The average molecular weight is 382 g/mol. The Bertz CT molecular complexity index is 800. The normalized spacial score (nSPS) is 16.6. The van der Waals surface area contributed by atoms with E-state index in [4.69, 9.17) is 15.2 Å². The predicted octanol–water partition coefficient (Wildman–Crippen LogP) is 2.72. The average Bonchev–Trinajstić information content (AvgIpc) is 2.73. The monoisotopic (exact) mass is 382 g/mol. The molecule has 1 atom stereocenters. The largest absolute Gasteiger partial charge is 0.484 e. The van der Waals surface area contributed by atoms with Gasteiger partial charge in [-0.05, 0) is 54.2 Å². The van der Waals surface area contributed by atoms with Crippen LogP contribution in [0.2, 0.25) is 0 Å². The van der Waals surface area contributed by atoms with E-state index in [-0.39, 0.29) is 12.5 Å². The summed E-state index contributed by atoms with van der Waals surface area (Å²) in [7, 11) is 1.70. The van der Waals surface area contributed by atoms with Crippen molar-refractivity contribution >= 4 is 11.8 Å².